The fraction of sp³-hybridized carbons (Fsp3) is 0.100. The maximum absolute atomic E-state index is 13.3. The number of nitrogens with one attached hydrogen (secondary N) is 2. The van der Waals surface area contributed by atoms with Gasteiger partial charge in [-0.3, -0.25) is 0 Å². The van der Waals surface area contributed by atoms with E-state index in [4.69, 9.17) is 11.6 Å². The van der Waals surface area contributed by atoms with Gasteiger partial charge in [0.15, 0.2) is 0 Å². The van der Waals surface area contributed by atoms with Crippen LogP contribution in [0.4, 0.5) is 22.0 Å². The van der Waals surface area contributed by atoms with E-state index >= 15 is 0 Å². The standard InChI is InChI=1S/C10H8BrClFN5/c1-14-9-16-8(12)17-10(18-9)15-5-2-3-6(11)7(13)4-5/h2-4H,1H3,(H2,14,15,16,17,18). The lowest BCUT2D eigenvalue weighted by atomic mass is 10.3. The molecule has 8 heteroatoms. The molecule has 94 valence electrons. The highest BCUT2D eigenvalue weighted by atomic mass is 79.9. The van der Waals surface area contributed by atoms with Crippen LogP contribution in [0.15, 0.2) is 22.7 Å². The first-order valence-corrected chi connectivity index (χ1v) is 6.07. The van der Waals surface area contributed by atoms with Crippen molar-refractivity contribution in [3.8, 4) is 0 Å². The number of hydrogen-bond donors (Lipinski definition) is 2. The Morgan fingerprint density at radius 1 is 1.22 bits per heavy atom. The molecule has 0 saturated carbocycles. The first kappa shape index (κ1) is 13.0. The number of hydrogen-bond acceptors (Lipinski definition) is 5. The lowest BCUT2D eigenvalue weighted by Crippen LogP contribution is -2.03. The topological polar surface area (TPSA) is 62.7 Å². The molecule has 2 rings (SSSR count). The van der Waals surface area contributed by atoms with Crippen molar-refractivity contribution in [1.29, 1.82) is 0 Å². The van der Waals surface area contributed by atoms with Gasteiger partial charge in [-0.1, -0.05) is 0 Å². The Morgan fingerprint density at radius 3 is 2.61 bits per heavy atom. The van der Waals surface area contributed by atoms with Gasteiger partial charge in [0.1, 0.15) is 5.82 Å². The number of rotatable bonds is 3. The van der Waals surface area contributed by atoms with Gasteiger partial charge in [0.2, 0.25) is 17.2 Å². The Morgan fingerprint density at radius 2 is 1.94 bits per heavy atom. The van der Waals surface area contributed by atoms with Gasteiger partial charge in [-0.15, -0.1) is 0 Å². The monoisotopic (exact) mass is 331 g/mol. The molecule has 0 bridgehead atoms. The van der Waals surface area contributed by atoms with Gasteiger partial charge in [0, 0.05) is 12.7 Å². The second-order valence-corrected chi connectivity index (χ2v) is 4.45. The van der Waals surface area contributed by atoms with E-state index in [2.05, 4.69) is 41.5 Å². The third kappa shape index (κ3) is 3.05. The summed E-state index contributed by atoms with van der Waals surface area (Å²) in [7, 11) is 1.66. The zero-order valence-corrected chi connectivity index (χ0v) is 11.5. The van der Waals surface area contributed by atoms with E-state index in [0.29, 0.717) is 16.1 Å². The summed E-state index contributed by atoms with van der Waals surface area (Å²) in [6.07, 6.45) is 0. The second-order valence-electron chi connectivity index (χ2n) is 3.26. The number of nitrogens with zero attached hydrogens (tertiary/aromatic N) is 3. The molecule has 0 aliphatic heterocycles. The van der Waals surface area contributed by atoms with Crippen molar-refractivity contribution in [3.63, 3.8) is 0 Å². The van der Waals surface area contributed by atoms with Crippen LogP contribution in [-0.2, 0) is 0 Å². The van der Waals surface area contributed by atoms with Gasteiger partial charge in [-0.2, -0.15) is 15.0 Å². The van der Waals surface area contributed by atoms with Crippen LogP contribution < -0.4 is 10.6 Å². The van der Waals surface area contributed by atoms with Crippen molar-refractivity contribution < 1.29 is 4.39 Å². The Hall–Kier alpha value is -1.47. The molecule has 0 saturated heterocycles. The van der Waals surface area contributed by atoms with Gasteiger partial charge in [0.05, 0.1) is 4.47 Å². The molecule has 0 radical (unpaired) electrons. The highest BCUT2D eigenvalue weighted by Gasteiger charge is 2.06. The molecule has 0 atom stereocenters. The van der Waals surface area contributed by atoms with Gasteiger partial charge in [-0.25, -0.2) is 4.39 Å². The molecule has 1 heterocycles. The van der Waals surface area contributed by atoms with Crippen molar-refractivity contribution in [2.75, 3.05) is 17.7 Å². The van der Waals surface area contributed by atoms with E-state index in [1.54, 1.807) is 19.2 Å². The maximum atomic E-state index is 13.3. The lowest BCUT2D eigenvalue weighted by molar-refractivity contribution is 0.622. The van der Waals surface area contributed by atoms with Crippen molar-refractivity contribution in [2.24, 2.45) is 0 Å². The maximum Gasteiger partial charge on any atom is 0.233 e. The van der Waals surface area contributed by atoms with Crippen LogP contribution in [0.25, 0.3) is 0 Å². The molecule has 2 N–H and O–H groups in total. The fourth-order valence-electron chi connectivity index (χ4n) is 1.22. The van der Waals surface area contributed by atoms with Crippen LogP contribution in [0, 0.1) is 5.82 Å². The van der Waals surface area contributed by atoms with Crippen molar-refractivity contribution in [2.45, 2.75) is 0 Å². The van der Waals surface area contributed by atoms with Crippen molar-refractivity contribution in [3.05, 3.63) is 33.8 Å². The van der Waals surface area contributed by atoms with Gasteiger partial charge in [-0.05, 0) is 45.7 Å². The highest BCUT2D eigenvalue weighted by Crippen LogP contribution is 2.21. The predicted octanol–water partition coefficient (Wildman–Crippen LogP) is 3.21. The summed E-state index contributed by atoms with van der Waals surface area (Å²) < 4.78 is 13.7. The SMILES string of the molecule is CNc1nc(Cl)nc(Nc2ccc(Br)c(F)c2)n1. The Balaban J connectivity index is 2.27. The van der Waals surface area contributed by atoms with Gasteiger partial charge >= 0.3 is 0 Å². The fourth-order valence-corrected chi connectivity index (χ4v) is 1.63. The van der Waals surface area contributed by atoms with Gasteiger partial charge < -0.3 is 10.6 Å². The molecule has 0 aliphatic carbocycles. The van der Waals surface area contributed by atoms with Crippen LogP contribution >= 0.6 is 27.5 Å². The Bertz CT molecular complexity index is 580. The summed E-state index contributed by atoms with van der Waals surface area (Å²) in [6, 6.07) is 4.59. The first-order chi connectivity index (χ1) is 8.58. The molecule has 0 amide bonds. The minimum Gasteiger partial charge on any atom is -0.357 e. The molecule has 18 heavy (non-hydrogen) atoms. The summed E-state index contributed by atoms with van der Waals surface area (Å²) in [6.45, 7) is 0. The van der Waals surface area contributed by atoms with Crippen LogP contribution in [0.5, 0.6) is 0 Å². The molecular formula is C10H8BrClFN5. The van der Waals surface area contributed by atoms with Crippen molar-refractivity contribution >= 4 is 45.1 Å². The van der Waals surface area contributed by atoms with E-state index in [1.807, 2.05) is 0 Å². The average Bonchev–Trinajstić information content (AvgIpc) is 2.33. The summed E-state index contributed by atoms with van der Waals surface area (Å²) in [5.74, 6) is 0.185. The molecule has 0 unspecified atom stereocenters. The zero-order chi connectivity index (χ0) is 13.1. The summed E-state index contributed by atoms with van der Waals surface area (Å²) in [5.41, 5.74) is 0.514. The average molecular weight is 333 g/mol. The molecule has 2 aromatic rings. The van der Waals surface area contributed by atoms with E-state index in [-0.39, 0.29) is 17.0 Å². The van der Waals surface area contributed by atoms with E-state index in [1.165, 1.54) is 6.07 Å². The van der Waals surface area contributed by atoms with E-state index in [0.717, 1.165) is 0 Å². The zero-order valence-electron chi connectivity index (χ0n) is 9.21. The van der Waals surface area contributed by atoms with Crippen LogP contribution in [0.3, 0.4) is 0 Å². The third-order valence-electron chi connectivity index (χ3n) is 2.01. The van der Waals surface area contributed by atoms with E-state index < -0.39 is 0 Å². The number of halogens is 3. The van der Waals surface area contributed by atoms with Gasteiger partial charge in [0.25, 0.3) is 0 Å². The quantitative estimate of drug-likeness (QED) is 0.903. The largest absolute Gasteiger partial charge is 0.357 e. The normalized spacial score (nSPS) is 10.2. The smallest absolute Gasteiger partial charge is 0.233 e. The molecule has 1 aromatic heterocycles. The Labute approximate surface area is 116 Å². The third-order valence-corrected chi connectivity index (χ3v) is 2.82. The number of benzene rings is 1. The summed E-state index contributed by atoms with van der Waals surface area (Å²) in [5, 5.41) is 5.64. The molecule has 0 spiro atoms. The minimum atomic E-state index is -0.381. The molecule has 1 aromatic carbocycles. The van der Waals surface area contributed by atoms with Crippen LogP contribution in [0.2, 0.25) is 5.28 Å². The first-order valence-electron chi connectivity index (χ1n) is 4.90. The summed E-state index contributed by atoms with van der Waals surface area (Å²) >= 11 is 8.80. The predicted molar refractivity (Wildman–Crippen MR) is 71.8 cm³/mol. The molecule has 5 nitrogen and oxygen atoms in total. The van der Waals surface area contributed by atoms with Crippen LogP contribution in [0.1, 0.15) is 0 Å². The van der Waals surface area contributed by atoms with Crippen molar-refractivity contribution in [1.82, 2.24) is 15.0 Å². The minimum absolute atomic E-state index is 0.0504. The second kappa shape index (κ2) is 5.45. The summed E-state index contributed by atoms with van der Waals surface area (Å²) in [4.78, 5) is 11.8. The lowest BCUT2D eigenvalue weighted by Gasteiger charge is -2.07. The molecule has 0 aliphatic rings. The Kier molecular flexibility index (Phi) is 3.93. The number of aromatic nitrogens is 3. The van der Waals surface area contributed by atoms with E-state index in [9.17, 15) is 4.39 Å². The molecule has 0 fully saturated rings. The van der Waals surface area contributed by atoms with Crippen LogP contribution in [-0.4, -0.2) is 22.0 Å². The number of anilines is 3. The highest BCUT2D eigenvalue weighted by molar-refractivity contribution is 9.10. The molecular weight excluding hydrogens is 324 g/mol.